The molecule has 16 heavy (non-hydrogen) atoms. The molecule has 0 aliphatic heterocycles. The predicted octanol–water partition coefficient (Wildman–Crippen LogP) is 1.96. The van der Waals surface area contributed by atoms with Gasteiger partial charge in [0, 0.05) is 6.04 Å². The SMILES string of the molecule is CC1C(N)CCC1CCS(=O)(=O)C(C)(C)C. The highest BCUT2D eigenvalue weighted by atomic mass is 32.2. The molecule has 3 unspecified atom stereocenters. The summed E-state index contributed by atoms with van der Waals surface area (Å²) >= 11 is 0. The van der Waals surface area contributed by atoms with E-state index in [2.05, 4.69) is 6.92 Å². The second-order valence-corrected chi connectivity index (χ2v) is 8.94. The molecule has 96 valence electrons. The zero-order valence-electron chi connectivity index (χ0n) is 10.9. The number of sulfone groups is 1. The van der Waals surface area contributed by atoms with Crippen LogP contribution >= 0.6 is 0 Å². The first-order valence-corrected chi connectivity index (χ1v) is 7.78. The van der Waals surface area contributed by atoms with Crippen LogP contribution in [-0.2, 0) is 9.84 Å². The molecule has 1 aliphatic rings. The van der Waals surface area contributed by atoms with E-state index >= 15 is 0 Å². The van der Waals surface area contributed by atoms with Crippen LogP contribution in [0.25, 0.3) is 0 Å². The summed E-state index contributed by atoms with van der Waals surface area (Å²) in [6.45, 7) is 7.45. The van der Waals surface area contributed by atoms with Gasteiger partial charge in [-0.1, -0.05) is 6.92 Å². The highest BCUT2D eigenvalue weighted by Gasteiger charge is 2.34. The van der Waals surface area contributed by atoms with Crippen LogP contribution in [0.2, 0.25) is 0 Å². The Labute approximate surface area is 99.7 Å². The normalized spacial score (nSPS) is 31.9. The van der Waals surface area contributed by atoms with Gasteiger partial charge in [-0.25, -0.2) is 8.42 Å². The Morgan fingerprint density at radius 2 is 1.81 bits per heavy atom. The van der Waals surface area contributed by atoms with Crippen molar-refractivity contribution in [3.05, 3.63) is 0 Å². The summed E-state index contributed by atoms with van der Waals surface area (Å²) in [6, 6.07) is 0.266. The van der Waals surface area contributed by atoms with E-state index < -0.39 is 14.6 Å². The summed E-state index contributed by atoms with van der Waals surface area (Å²) in [5.41, 5.74) is 5.94. The summed E-state index contributed by atoms with van der Waals surface area (Å²) in [5, 5.41) is 0. The Bertz CT molecular complexity index is 329. The van der Waals surface area contributed by atoms with Crippen molar-refractivity contribution in [2.24, 2.45) is 17.6 Å². The monoisotopic (exact) mass is 247 g/mol. The Hall–Kier alpha value is -0.0900. The molecule has 0 heterocycles. The molecule has 0 saturated heterocycles. The highest BCUT2D eigenvalue weighted by molar-refractivity contribution is 7.92. The molecule has 0 spiro atoms. The van der Waals surface area contributed by atoms with Crippen LogP contribution in [0.3, 0.4) is 0 Å². The Kier molecular flexibility index (Phi) is 4.06. The highest BCUT2D eigenvalue weighted by Crippen LogP contribution is 2.34. The van der Waals surface area contributed by atoms with Crippen molar-refractivity contribution in [1.29, 1.82) is 0 Å². The third kappa shape index (κ3) is 2.98. The van der Waals surface area contributed by atoms with Crippen molar-refractivity contribution in [1.82, 2.24) is 0 Å². The van der Waals surface area contributed by atoms with Crippen LogP contribution in [0.5, 0.6) is 0 Å². The van der Waals surface area contributed by atoms with E-state index in [1.165, 1.54) is 0 Å². The van der Waals surface area contributed by atoms with E-state index in [-0.39, 0.29) is 6.04 Å². The summed E-state index contributed by atoms with van der Waals surface area (Å²) in [7, 11) is -2.97. The zero-order valence-corrected chi connectivity index (χ0v) is 11.7. The number of nitrogens with two attached hydrogens (primary N) is 1. The molecule has 1 aliphatic carbocycles. The lowest BCUT2D eigenvalue weighted by atomic mass is 9.94. The number of hydrogen-bond donors (Lipinski definition) is 1. The molecule has 0 aromatic carbocycles. The van der Waals surface area contributed by atoms with Crippen molar-refractivity contribution in [3.63, 3.8) is 0 Å². The minimum Gasteiger partial charge on any atom is -0.327 e. The van der Waals surface area contributed by atoms with E-state index in [9.17, 15) is 8.42 Å². The summed E-state index contributed by atoms with van der Waals surface area (Å²) in [4.78, 5) is 0. The van der Waals surface area contributed by atoms with Gasteiger partial charge in [-0.3, -0.25) is 0 Å². The molecule has 0 amide bonds. The zero-order chi connectivity index (χ0) is 12.6. The van der Waals surface area contributed by atoms with E-state index in [1.807, 2.05) is 0 Å². The van der Waals surface area contributed by atoms with Gasteiger partial charge in [-0.15, -0.1) is 0 Å². The number of rotatable bonds is 3. The van der Waals surface area contributed by atoms with Gasteiger partial charge in [0.25, 0.3) is 0 Å². The molecule has 3 atom stereocenters. The second kappa shape index (κ2) is 4.65. The minimum absolute atomic E-state index is 0.266. The van der Waals surface area contributed by atoms with Gasteiger partial charge in [0.2, 0.25) is 0 Å². The van der Waals surface area contributed by atoms with Crippen LogP contribution in [0.15, 0.2) is 0 Å². The van der Waals surface area contributed by atoms with Crippen LogP contribution in [-0.4, -0.2) is 25.0 Å². The lowest BCUT2D eigenvalue weighted by Gasteiger charge is -2.22. The Morgan fingerprint density at radius 1 is 1.25 bits per heavy atom. The second-order valence-electron chi connectivity index (χ2n) is 6.08. The largest absolute Gasteiger partial charge is 0.327 e. The smallest absolute Gasteiger partial charge is 0.155 e. The van der Waals surface area contributed by atoms with Gasteiger partial charge in [-0.2, -0.15) is 0 Å². The van der Waals surface area contributed by atoms with E-state index in [1.54, 1.807) is 20.8 Å². The first-order valence-electron chi connectivity index (χ1n) is 6.13. The summed E-state index contributed by atoms with van der Waals surface area (Å²) < 4.78 is 23.3. The van der Waals surface area contributed by atoms with Gasteiger partial charge in [0.05, 0.1) is 10.5 Å². The molecular weight excluding hydrogens is 222 g/mol. The van der Waals surface area contributed by atoms with Crippen molar-refractivity contribution < 1.29 is 8.42 Å². The van der Waals surface area contributed by atoms with Crippen LogP contribution in [0.4, 0.5) is 0 Å². The van der Waals surface area contributed by atoms with Gasteiger partial charge < -0.3 is 5.73 Å². The predicted molar refractivity (Wildman–Crippen MR) is 68.0 cm³/mol. The van der Waals surface area contributed by atoms with Crippen molar-refractivity contribution in [3.8, 4) is 0 Å². The van der Waals surface area contributed by atoms with E-state index in [0.717, 1.165) is 19.3 Å². The van der Waals surface area contributed by atoms with Crippen molar-refractivity contribution >= 4 is 9.84 Å². The summed E-state index contributed by atoms with van der Waals surface area (Å²) in [5.74, 6) is 1.26. The van der Waals surface area contributed by atoms with Crippen molar-refractivity contribution in [2.45, 2.75) is 57.7 Å². The lowest BCUT2D eigenvalue weighted by Crippen LogP contribution is -2.32. The molecule has 3 nitrogen and oxygen atoms in total. The van der Waals surface area contributed by atoms with Crippen LogP contribution in [0, 0.1) is 11.8 Å². The molecule has 0 aromatic rings. The van der Waals surface area contributed by atoms with Crippen LogP contribution < -0.4 is 5.73 Å². The first kappa shape index (κ1) is 14.0. The molecule has 1 rings (SSSR count). The fraction of sp³-hybridized carbons (Fsp3) is 1.00. The van der Waals surface area contributed by atoms with Gasteiger partial charge in [0.1, 0.15) is 0 Å². The standard InChI is InChI=1S/C12H25NO2S/c1-9-10(5-6-11(9)13)7-8-16(14,15)12(2,3)4/h9-11H,5-8,13H2,1-4H3. The van der Waals surface area contributed by atoms with E-state index in [4.69, 9.17) is 5.73 Å². The molecule has 1 saturated carbocycles. The Morgan fingerprint density at radius 3 is 2.19 bits per heavy atom. The molecule has 2 N–H and O–H groups in total. The quantitative estimate of drug-likeness (QED) is 0.829. The maximum Gasteiger partial charge on any atom is 0.155 e. The first-order chi connectivity index (χ1) is 7.15. The van der Waals surface area contributed by atoms with Gasteiger partial charge >= 0.3 is 0 Å². The lowest BCUT2D eigenvalue weighted by molar-refractivity contribution is 0.381. The van der Waals surface area contributed by atoms with Gasteiger partial charge in [-0.05, 0) is 51.9 Å². The maximum absolute atomic E-state index is 12.0. The van der Waals surface area contributed by atoms with Crippen molar-refractivity contribution in [2.75, 3.05) is 5.75 Å². The third-order valence-electron chi connectivity index (χ3n) is 3.98. The molecule has 0 radical (unpaired) electrons. The minimum atomic E-state index is -2.97. The topological polar surface area (TPSA) is 60.2 Å². The summed E-state index contributed by atoms with van der Waals surface area (Å²) in [6.07, 6.45) is 2.90. The maximum atomic E-state index is 12.0. The molecule has 4 heteroatoms. The van der Waals surface area contributed by atoms with E-state index in [0.29, 0.717) is 17.6 Å². The van der Waals surface area contributed by atoms with Crippen LogP contribution in [0.1, 0.15) is 47.0 Å². The average molecular weight is 247 g/mol. The fourth-order valence-electron chi connectivity index (χ4n) is 2.30. The molecule has 0 aromatic heterocycles. The molecule has 1 fully saturated rings. The fourth-order valence-corrected chi connectivity index (χ4v) is 3.53. The van der Waals surface area contributed by atoms with Gasteiger partial charge in [0.15, 0.2) is 9.84 Å². The molecular formula is C12H25NO2S. The molecule has 0 bridgehead atoms. The average Bonchev–Trinajstić information content (AvgIpc) is 2.43. The third-order valence-corrected chi connectivity index (χ3v) is 6.62. The number of hydrogen-bond acceptors (Lipinski definition) is 3. The Balaban J connectivity index is 2.53.